The van der Waals surface area contributed by atoms with E-state index in [0.717, 1.165) is 0 Å². The van der Waals surface area contributed by atoms with Gasteiger partial charge in [0.15, 0.2) is 17.4 Å². The van der Waals surface area contributed by atoms with Gasteiger partial charge in [0.2, 0.25) is 0 Å². The molecule has 15 heavy (non-hydrogen) atoms. The molecule has 0 aliphatic rings. The first-order chi connectivity index (χ1) is 6.86. The van der Waals surface area contributed by atoms with Crippen molar-refractivity contribution in [1.82, 2.24) is 0 Å². The average Bonchev–Trinajstić information content (AvgIpc) is 2.19. The van der Waals surface area contributed by atoms with Crippen molar-refractivity contribution in [2.75, 3.05) is 0 Å². The molecule has 1 rings (SSSR count). The lowest BCUT2D eigenvalue weighted by molar-refractivity contribution is 0.0964. The first-order valence-corrected chi connectivity index (χ1v) is 4.81. The Labute approximate surface area is 93.0 Å². The molecule has 1 aromatic carbocycles. The van der Waals surface area contributed by atoms with Crippen LogP contribution in [-0.4, -0.2) is 16.9 Å². The molecular formula is C9H8BrF2NO2. The van der Waals surface area contributed by atoms with Gasteiger partial charge in [0.25, 0.3) is 0 Å². The van der Waals surface area contributed by atoms with Gasteiger partial charge in [-0.15, -0.1) is 0 Å². The van der Waals surface area contributed by atoms with Crippen molar-refractivity contribution in [1.29, 1.82) is 0 Å². The third-order valence-electron chi connectivity index (χ3n) is 1.82. The number of hydrogen-bond acceptors (Lipinski definition) is 3. The molecule has 0 spiro atoms. The van der Waals surface area contributed by atoms with Crippen LogP contribution in [0.1, 0.15) is 17.3 Å². The summed E-state index contributed by atoms with van der Waals surface area (Å²) in [6, 6.07) is -0.270. The summed E-state index contributed by atoms with van der Waals surface area (Å²) < 4.78 is 25.4. The Morgan fingerprint density at radius 3 is 2.60 bits per heavy atom. The zero-order chi connectivity index (χ0) is 11.7. The van der Waals surface area contributed by atoms with E-state index in [1.807, 2.05) is 0 Å². The van der Waals surface area contributed by atoms with Crippen molar-refractivity contribution >= 4 is 21.7 Å². The van der Waals surface area contributed by atoms with Gasteiger partial charge in [0.1, 0.15) is 5.75 Å². The van der Waals surface area contributed by atoms with Gasteiger partial charge in [0, 0.05) is 0 Å². The fraction of sp³-hybridized carbons (Fsp3) is 0.222. The second kappa shape index (κ2) is 4.24. The minimum atomic E-state index is -1.24. The van der Waals surface area contributed by atoms with Crippen LogP contribution in [-0.2, 0) is 0 Å². The molecule has 0 bridgehead atoms. The summed E-state index contributed by atoms with van der Waals surface area (Å²) in [7, 11) is 0. The SMILES string of the molecule is CC(N)C(=O)c1cc(F)c(F)c(Br)c1O. The van der Waals surface area contributed by atoms with Gasteiger partial charge in [-0.05, 0) is 28.9 Å². The quantitative estimate of drug-likeness (QED) is 0.643. The minimum Gasteiger partial charge on any atom is -0.506 e. The number of phenols is 1. The molecule has 0 radical (unpaired) electrons. The van der Waals surface area contributed by atoms with Crippen LogP contribution in [0.25, 0.3) is 0 Å². The molecule has 0 saturated heterocycles. The van der Waals surface area contributed by atoms with E-state index in [2.05, 4.69) is 15.9 Å². The lowest BCUT2D eigenvalue weighted by Crippen LogP contribution is -2.27. The van der Waals surface area contributed by atoms with E-state index in [4.69, 9.17) is 5.73 Å². The highest BCUT2D eigenvalue weighted by molar-refractivity contribution is 9.10. The fourth-order valence-electron chi connectivity index (χ4n) is 1.02. The molecule has 0 aromatic heterocycles. The zero-order valence-corrected chi connectivity index (χ0v) is 9.31. The number of phenolic OH excluding ortho intramolecular Hbond substituents is 1. The number of aromatic hydroxyl groups is 1. The fourth-order valence-corrected chi connectivity index (χ4v) is 1.42. The van der Waals surface area contributed by atoms with Crippen LogP contribution in [0.4, 0.5) is 8.78 Å². The molecule has 0 heterocycles. The molecule has 1 atom stereocenters. The Morgan fingerprint density at radius 2 is 2.13 bits per heavy atom. The molecule has 0 saturated carbocycles. The van der Waals surface area contributed by atoms with Gasteiger partial charge in [0.05, 0.1) is 16.1 Å². The third-order valence-corrected chi connectivity index (χ3v) is 2.54. The van der Waals surface area contributed by atoms with Crippen molar-refractivity contribution in [3.05, 3.63) is 27.7 Å². The highest BCUT2D eigenvalue weighted by Gasteiger charge is 2.22. The highest BCUT2D eigenvalue weighted by Crippen LogP contribution is 2.32. The Bertz CT molecular complexity index is 421. The summed E-state index contributed by atoms with van der Waals surface area (Å²) >= 11 is 2.64. The summed E-state index contributed by atoms with van der Waals surface area (Å²) in [5, 5.41) is 9.39. The van der Waals surface area contributed by atoms with Crippen molar-refractivity contribution in [2.24, 2.45) is 5.73 Å². The summed E-state index contributed by atoms with van der Waals surface area (Å²) in [6.07, 6.45) is 0. The lowest BCUT2D eigenvalue weighted by Gasteiger charge is -2.09. The number of halogens is 3. The number of Topliss-reactive ketones (excluding diaryl/α,β-unsaturated/α-hetero) is 1. The number of hydrogen-bond donors (Lipinski definition) is 2. The van der Waals surface area contributed by atoms with E-state index in [1.165, 1.54) is 6.92 Å². The Hall–Kier alpha value is -1.01. The summed E-state index contributed by atoms with van der Waals surface area (Å²) in [5.74, 6) is -3.76. The van der Waals surface area contributed by atoms with Crippen LogP contribution in [0.3, 0.4) is 0 Å². The molecule has 6 heteroatoms. The third kappa shape index (κ3) is 2.15. The molecule has 3 N–H and O–H groups in total. The second-order valence-electron chi connectivity index (χ2n) is 3.04. The molecule has 82 valence electrons. The summed E-state index contributed by atoms with van der Waals surface area (Å²) in [5.41, 5.74) is 4.95. The molecule has 0 fully saturated rings. The standard InChI is InChI=1S/C9H8BrF2NO2/c1-3(13)8(14)4-2-5(11)7(12)6(10)9(4)15/h2-3,15H,13H2,1H3. The van der Waals surface area contributed by atoms with Gasteiger partial charge in [-0.1, -0.05) is 0 Å². The van der Waals surface area contributed by atoms with Crippen LogP contribution < -0.4 is 5.73 Å². The second-order valence-corrected chi connectivity index (χ2v) is 3.83. The van der Waals surface area contributed by atoms with E-state index in [9.17, 15) is 18.7 Å². The van der Waals surface area contributed by atoms with Crippen molar-refractivity contribution < 1.29 is 18.7 Å². The van der Waals surface area contributed by atoms with Gasteiger partial charge in [-0.2, -0.15) is 0 Å². The Kier molecular flexibility index (Phi) is 3.41. The van der Waals surface area contributed by atoms with Crippen LogP contribution in [0.5, 0.6) is 5.75 Å². The van der Waals surface area contributed by atoms with Crippen molar-refractivity contribution in [2.45, 2.75) is 13.0 Å². The molecule has 0 amide bonds. The van der Waals surface area contributed by atoms with Gasteiger partial charge >= 0.3 is 0 Å². The maximum Gasteiger partial charge on any atom is 0.183 e. The van der Waals surface area contributed by atoms with E-state index in [-0.39, 0.29) is 5.56 Å². The number of nitrogens with two attached hydrogens (primary N) is 1. The summed E-state index contributed by atoms with van der Waals surface area (Å²) in [6.45, 7) is 1.39. The molecule has 0 aliphatic heterocycles. The van der Waals surface area contributed by atoms with E-state index < -0.39 is 33.7 Å². The minimum absolute atomic E-state index is 0.337. The predicted molar refractivity (Wildman–Crippen MR) is 53.7 cm³/mol. The van der Waals surface area contributed by atoms with E-state index >= 15 is 0 Å². The van der Waals surface area contributed by atoms with E-state index in [1.54, 1.807) is 0 Å². The Balaban J connectivity index is 3.39. The molecule has 1 unspecified atom stereocenters. The topological polar surface area (TPSA) is 63.3 Å². The largest absolute Gasteiger partial charge is 0.506 e. The monoisotopic (exact) mass is 279 g/mol. The number of carbonyl (C=O) groups excluding carboxylic acids is 1. The number of ketones is 1. The number of benzene rings is 1. The molecular weight excluding hydrogens is 272 g/mol. The molecule has 0 aliphatic carbocycles. The van der Waals surface area contributed by atoms with Crippen LogP contribution in [0, 0.1) is 11.6 Å². The maximum absolute atomic E-state index is 12.9. The predicted octanol–water partition coefficient (Wildman–Crippen LogP) is 1.96. The lowest BCUT2D eigenvalue weighted by atomic mass is 10.0. The zero-order valence-electron chi connectivity index (χ0n) is 7.72. The first kappa shape index (κ1) is 12.1. The highest BCUT2D eigenvalue weighted by atomic mass is 79.9. The van der Waals surface area contributed by atoms with E-state index in [0.29, 0.717) is 6.07 Å². The average molecular weight is 280 g/mol. The number of carbonyl (C=O) groups is 1. The van der Waals surface area contributed by atoms with Crippen molar-refractivity contribution in [3.63, 3.8) is 0 Å². The van der Waals surface area contributed by atoms with Gasteiger partial charge < -0.3 is 10.8 Å². The van der Waals surface area contributed by atoms with Gasteiger partial charge in [-0.3, -0.25) is 4.79 Å². The summed E-state index contributed by atoms with van der Waals surface area (Å²) in [4.78, 5) is 11.4. The van der Waals surface area contributed by atoms with Crippen LogP contribution in [0.2, 0.25) is 0 Å². The molecule has 1 aromatic rings. The Morgan fingerprint density at radius 1 is 1.60 bits per heavy atom. The van der Waals surface area contributed by atoms with Crippen LogP contribution >= 0.6 is 15.9 Å². The smallest absolute Gasteiger partial charge is 0.183 e. The normalized spacial score (nSPS) is 12.6. The van der Waals surface area contributed by atoms with Crippen LogP contribution in [0.15, 0.2) is 10.5 Å². The van der Waals surface area contributed by atoms with Gasteiger partial charge in [-0.25, -0.2) is 8.78 Å². The molecule has 3 nitrogen and oxygen atoms in total. The van der Waals surface area contributed by atoms with Crippen molar-refractivity contribution in [3.8, 4) is 5.75 Å². The maximum atomic E-state index is 12.9. The first-order valence-electron chi connectivity index (χ1n) is 4.02. The number of rotatable bonds is 2.